The SMILES string of the molecule is Cc1nc2c(C#N)cnn2c(C)c1CCC(=O)NCCc1ccc(F)cc1. The molecule has 2 aromatic heterocycles. The smallest absolute Gasteiger partial charge is 0.220 e. The fourth-order valence-electron chi connectivity index (χ4n) is 3.08. The second kappa shape index (κ2) is 7.96. The van der Waals surface area contributed by atoms with E-state index in [-0.39, 0.29) is 11.7 Å². The fourth-order valence-corrected chi connectivity index (χ4v) is 3.08. The minimum atomic E-state index is -0.266. The Labute approximate surface area is 156 Å². The Balaban J connectivity index is 1.58. The summed E-state index contributed by atoms with van der Waals surface area (Å²) in [7, 11) is 0. The second-order valence-corrected chi connectivity index (χ2v) is 6.39. The summed E-state index contributed by atoms with van der Waals surface area (Å²) in [6.45, 7) is 4.30. The van der Waals surface area contributed by atoms with E-state index in [0.29, 0.717) is 37.0 Å². The maximum atomic E-state index is 12.9. The molecule has 138 valence electrons. The minimum absolute atomic E-state index is 0.0470. The quantitative estimate of drug-likeness (QED) is 0.728. The number of nitrogens with one attached hydrogen (secondary N) is 1. The number of amides is 1. The van der Waals surface area contributed by atoms with E-state index in [4.69, 9.17) is 5.26 Å². The van der Waals surface area contributed by atoms with Gasteiger partial charge in [0.15, 0.2) is 5.65 Å². The molecular formula is C20H20FN5O. The molecule has 0 radical (unpaired) electrons. The van der Waals surface area contributed by atoms with Crippen LogP contribution in [0.5, 0.6) is 0 Å². The highest BCUT2D eigenvalue weighted by Crippen LogP contribution is 2.18. The molecular weight excluding hydrogens is 345 g/mol. The number of halogens is 1. The average Bonchev–Trinajstić information content (AvgIpc) is 3.06. The van der Waals surface area contributed by atoms with Gasteiger partial charge in [-0.15, -0.1) is 0 Å². The summed E-state index contributed by atoms with van der Waals surface area (Å²) >= 11 is 0. The first kappa shape index (κ1) is 18.5. The van der Waals surface area contributed by atoms with Crippen molar-refractivity contribution in [2.24, 2.45) is 0 Å². The van der Waals surface area contributed by atoms with E-state index in [9.17, 15) is 9.18 Å². The van der Waals surface area contributed by atoms with Crippen LogP contribution in [0.15, 0.2) is 30.5 Å². The molecule has 3 aromatic rings. The molecule has 0 aliphatic heterocycles. The summed E-state index contributed by atoms with van der Waals surface area (Å²) in [4.78, 5) is 16.6. The van der Waals surface area contributed by atoms with Gasteiger partial charge in [-0.1, -0.05) is 12.1 Å². The van der Waals surface area contributed by atoms with Crippen LogP contribution >= 0.6 is 0 Å². The molecule has 0 saturated heterocycles. The van der Waals surface area contributed by atoms with Crippen molar-refractivity contribution in [3.63, 3.8) is 0 Å². The van der Waals surface area contributed by atoms with E-state index in [0.717, 1.165) is 22.5 Å². The Morgan fingerprint density at radius 3 is 2.70 bits per heavy atom. The molecule has 6 nitrogen and oxygen atoms in total. The van der Waals surface area contributed by atoms with Gasteiger partial charge in [-0.05, 0) is 49.9 Å². The Hall–Kier alpha value is -3.27. The number of benzene rings is 1. The second-order valence-electron chi connectivity index (χ2n) is 6.39. The zero-order chi connectivity index (χ0) is 19.4. The van der Waals surface area contributed by atoms with E-state index in [1.165, 1.54) is 18.3 Å². The van der Waals surface area contributed by atoms with Crippen LogP contribution in [0.1, 0.15) is 34.5 Å². The molecule has 7 heteroatoms. The molecule has 1 aromatic carbocycles. The van der Waals surface area contributed by atoms with Gasteiger partial charge in [0.2, 0.25) is 5.91 Å². The van der Waals surface area contributed by atoms with E-state index in [2.05, 4.69) is 21.5 Å². The maximum Gasteiger partial charge on any atom is 0.220 e. The number of nitrogens with zero attached hydrogens (tertiary/aromatic N) is 4. The predicted octanol–water partition coefficient (Wildman–Crippen LogP) is 2.65. The minimum Gasteiger partial charge on any atom is -0.356 e. The summed E-state index contributed by atoms with van der Waals surface area (Å²) < 4.78 is 14.5. The molecule has 1 amide bonds. The highest BCUT2D eigenvalue weighted by atomic mass is 19.1. The van der Waals surface area contributed by atoms with Crippen molar-refractivity contribution >= 4 is 11.6 Å². The van der Waals surface area contributed by atoms with E-state index in [1.807, 2.05) is 13.8 Å². The summed E-state index contributed by atoms with van der Waals surface area (Å²) in [5.74, 6) is -0.313. The van der Waals surface area contributed by atoms with E-state index < -0.39 is 0 Å². The van der Waals surface area contributed by atoms with Gasteiger partial charge in [-0.2, -0.15) is 10.4 Å². The predicted molar refractivity (Wildman–Crippen MR) is 98.6 cm³/mol. The van der Waals surface area contributed by atoms with Gasteiger partial charge >= 0.3 is 0 Å². The number of carbonyl (C=O) groups excluding carboxylic acids is 1. The molecule has 0 bridgehead atoms. The van der Waals surface area contributed by atoms with Crippen molar-refractivity contribution in [3.8, 4) is 6.07 Å². The van der Waals surface area contributed by atoms with Gasteiger partial charge in [-0.3, -0.25) is 4.79 Å². The average molecular weight is 365 g/mol. The van der Waals surface area contributed by atoms with Crippen LogP contribution in [0.3, 0.4) is 0 Å². The molecule has 0 aliphatic rings. The largest absolute Gasteiger partial charge is 0.356 e. The number of rotatable bonds is 6. The van der Waals surface area contributed by atoms with Crippen molar-refractivity contribution in [3.05, 3.63) is 64.4 Å². The summed E-state index contributed by atoms with van der Waals surface area (Å²) in [6, 6.07) is 8.35. The first-order chi connectivity index (χ1) is 13.0. The van der Waals surface area contributed by atoms with Gasteiger partial charge in [-0.25, -0.2) is 13.9 Å². The van der Waals surface area contributed by atoms with Crippen LogP contribution < -0.4 is 5.32 Å². The number of fused-ring (bicyclic) bond motifs is 1. The molecule has 0 fully saturated rings. The monoisotopic (exact) mass is 365 g/mol. The Kier molecular flexibility index (Phi) is 5.46. The van der Waals surface area contributed by atoms with Gasteiger partial charge in [0.1, 0.15) is 17.4 Å². The molecule has 0 spiro atoms. The van der Waals surface area contributed by atoms with Crippen molar-refractivity contribution in [2.45, 2.75) is 33.1 Å². The van der Waals surface area contributed by atoms with Crippen molar-refractivity contribution in [1.82, 2.24) is 19.9 Å². The zero-order valence-electron chi connectivity index (χ0n) is 15.3. The van der Waals surface area contributed by atoms with Crippen LogP contribution in [-0.2, 0) is 17.6 Å². The first-order valence-electron chi connectivity index (χ1n) is 8.74. The van der Waals surface area contributed by atoms with Crippen LogP contribution in [0.2, 0.25) is 0 Å². The molecule has 1 N–H and O–H groups in total. The normalized spacial score (nSPS) is 10.7. The third-order valence-electron chi connectivity index (χ3n) is 4.58. The van der Waals surface area contributed by atoms with Crippen molar-refractivity contribution in [1.29, 1.82) is 5.26 Å². The number of nitriles is 1. The Morgan fingerprint density at radius 2 is 2.00 bits per heavy atom. The molecule has 0 saturated carbocycles. The van der Waals surface area contributed by atoms with Gasteiger partial charge in [0.25, 0.3) is 0 Å². The van der Waals surface area contributed by atoms with Crippen molar-refractivity contribution < 1.29 is 9.18 Å². The van der Waals surface area contributed by atoms with E-state index >= 15 is 0 Å². The van der Waals surface area contributed by atoms with Crippen molar-refractivity contribution in [2.75, 3.05) is 6.54 Å². The summed E-state index contributed by atoms with van der Waals surface area (Å²) in [5, 5.41) is 16.2. The fraction of sp³-hybridized carbons (Fsp3) is 0.300. The standard InChI is InChI=1S/C20H20FN5O/c1-13-18(14(2)26-20(25-13)16(11-22)12-24-26)7-8-19(27)23-10-9-15-3-5-17(21)6-4-15/h3-6,12H,7-10H2,1-2H3,(H,23,27). The van der Waals surface area contributed by atoms with E-state index in [1.54, 1.807) is 16.6 Å². The van der Waals surface area contributed by atoms with Crippen LogP contribution in [-0.4, -0.2) is 27.0 Å². The Morgan fingerprint density at radius 1 is 1.26 bits per heavy atom. The van der Waals surface area contributed by atoms with Crippen LogP contribution in [0, 0.1) is 31.0 Å². The van der Waals surface area contributed by atoms with Crippen LogP contribution in [0.25, 0.3) is 5.65 Å². The van der Waals surface area contributed by atoms with Gasteiger partial charge < -0.3 is 5.32 Å². The molecule has 2 heterocycles. The maximum absolute atomic E-state index is 12.9. The number of hydrogen-bond donors (Lipinski definition) is 1. The zero-order valence-corrected chi connectivity index (χ0v) is 15.3. The Bertz CT molecular complexity index is 1020. The number of hydrogen-bond acceptors (Lipinski definition) is 4. The van der Waals surface area contributed by atoms with Gasteiger partial charge in [0.05, 0.1) is 6.20 Å². The molecule has 0 atom stereocenters. The van der Waals surface area contributed by atoms with Crippen LogP contribution in [0.4, 0.5) is 4.39 Å². The summed E-state index contributed by atoms with van der Waals surface area (Å²) in [6.07, 6.45) is 3.04. The lowest BCUT2D eigenvalue weighted by molar-refractivity contribution is -0.121. The lowest BCUT2D eigenvalue weighted by atomic mass is 10.1. The number of carbonyl (C=O) groups is 1. The highest BCUT2D eigenvalue weighted by molar-refractivity contribution is 5.76. The molecule has 0 aliphatic carbocycles. The topological polar surface area (TPSA) is 83.1 Å². The number of aryl methyl sites for hydroxylation is 2. The highest BCUT2D eigenvalue weighted by Gasteiger charge is 2.14. The molecule has 0 unspecified atom stereocenters. The summed E-state index contributed by atoms with van der Waals surface area (Å²) in [5.41, 5.74) is 4.61. The third-order valence-corrected chi connectivity index (χ3v) is 4.58. The number of aromatic nitrogens is 3. The first-order valence-corrected chi connectivity index (χ1v) is 8.74. The third kappa shape index (κ3) is 4.11. The lowest BCUT2D eigenvalue weighted by Gasteiger charge is -2.11. The molecule has 27 heavy (non-hydrogen) atoms. The lowest BCUT2D eigenvalue weighted by Crippen LogP contribution is -2.26. The molecule has 3 rings (SSSR count). The van der Waals surface area contributed by atoms with Gasteiger partial charge in [0, 0.05) is 24.4 Å².